The molecule has 258 valence electrons. The highest BCUT2D eigenvalue weighted by Crippen LogP contribution is 2.37. The zero-order valence-corrected chi connectivity index (χ0v) is 29.5. The van der Waals surface area contributed by atoms with Gasteiger partial charge in [0.1, 0.15) is 37.5 Å². The monoisotopic (exact) mass is 650 g/mol. The van der Waals surface area contributed by atoms with Gasteiger partial charge in [-0.25, -0.2) is 0 Å². The number of terminal acetylenes is 1. The first kappa shape index (κ1) is 38.1. The lowest BCUT2D eigenvalue weighted by Crippen LogP contribution is -2.65. The summed E-state index contributed by atoms with van der Waals surface area (Å²) in [5.41, 5.74) is 6.69. The molecule has 3 rings (SSSR count). The summed E-state index contributed by atoms with van der Waals surface area (Å²) in [5, 5.41) is 15.9. The van der Waals surface area contributed by atoms with Crippen LogP contribution in [0.2, 0.25) is 5.82 Å². The predicted molar refractivity (Wildman–Crippen MR) is 187 cm³/mol. The molecule has 0 saturated carbocycles. The number of carbonyl (C=O) groups excluding carboxylic acids is 2. The van der Waals surface area contributed by atoms with Crippen LogP contribution in [0.15, 0.2) is 30.5 Å². The van der Waals surface area contributed by atoms with Gasteiger partial charge in [0, 0.05) is 36.9 Å². The average molecular weight is 651 g/mol. The zero-order chi connectivity index (χ0) is 34.8. The highest BCUT2D eigenvalue weighted by atomic mass is 16.6. The van der Waals surface area contributed by atoms with E-state index in [0.717, 1.165) is 36.9 Å². The van der Waals surface area contributed by atoms with Crippen molar-refractivity contribution in [3.05, 3.63) is 30.5 Å². The minimum absolute atomic E-state index is 0.105. The first-order chi connectivity index (χ1) is 22.3. The fourth-order valence-electron chi connectivity index (χ4n) is 6.76. The molecule has 0 unspecified atom stereocenters. The topological polar surface area (TPSA) is 143 Å². The number of aryl methyl sites for hydroxylation is 1. The van der Waals surface area contributed by atoms with E-state index in [9.17, 15) is 9.59 Å². The van der Waals surface area contributed by atoms with Crippen LogP contribution in [0.3, 0.4) is 0 Å². The summed E-state index contributed by atoms with van der Waals surface area (Å²) in [5.74, 6) is -2.19. The Hall–Kier alpha value is -3.40. The summed E-state index contributed by atoms with van der Waals surface area (Å²) in [7, 11) is 3.71. The molecule has 1 aromatic carbocycles. The van der Waals surface area contributed by atoms with E-state index < -0.39 is 35.1 Å². The third-order valence-corrected chi connectivity index (χ3v) is 10.3. The number of cyclic esters (lactones) is 1. The number of carbonyl (C=O) groups is 2. The molecule has 1 aliphatic heterocycles. The largest absolute Gasteiger partial charge is 0.457 e. The van der Waals surface area contributed by atoms with Gasteiger partial charge < -0.3 is 30.6 Å². The number of Topliss-reactive ketones (excluding diaryl/α,β-unsaturated/α-hetero) is 1. The van der Waals surface area contributed by atoms with Gasteiger partial charge >= 0.3 is 5.97 Å². The van der Waals surface area contributed by atoms with E-state index in [1.807, 2.05) is 70.7 Å². The lowest BCUT2D eigenvalue weighted by molar-refractivity contribution is -0.173. The number of ether oxygens (including phenoxy) is 3. The number of nitrogens with one attached hydrogen (secondary N) is 2. The number of rotatable bonds is 10. The quantitative estimate of drug-likeness (QED) is 0.0875. The van der Waals surface area contributed by atoms with Gasteiger partial charge in [-0.2, -0.15) is 0 Å². The van der Waals surface area contributed by atoms with Crippen LogP contribution in [0.25, 0.3) is 11.3 Å². The van der Waals surface area contributed by atoms with Crippen LogP contribution < -0.4 is 16.4 Å². The molecule has 2 heterocycles. The smallest absolute Gasteiger partial charge is 0.316 e. The van der Waals surface area contributed by atoms with Crippen LogP contribution >= 0.6 is 0 Å². The number of benzene rings is 1. The van der Waals surface area contributed by atoms with Crippen LogP contribution in [-0.4, -0.2) is 84.2 Å². The molecule has 0 bridgehead atoms. The Morgan fingerprint density at radius 1 is 1.26 bits per heavy atom. The van der Waals surface area contributed by atoms with Crippen molar-refractivity contribution in [1.29, 1.82) is 0 Å². The zero-order valence-electron chi connectivity index (χ0n) is 29.5. The number of nitrogens with zero attached hydrogens (tertiary/aromatic N) is 3. The van der Waals surface area contributed by atoms with Gasteiger partial charge in [-0.15, -0.1) is 5.10 Å². The van der Waals surface area contributed by atoms with Crippen molar-refractivity contribution < 1.29 is 23.8 Å². The number of ketones is 1. The normalized spacial score (nSPS) is 31.3. The van der Waals surface area contributed by atoms with Crippen molar-refractivity contribution in [3.63, 3.8) is 0 Å². The number of methoxy groups -OCH3 is 1. The van der Waals surface area contributed by atoms with Crippen molar-refractivity contribution in [2.45, 2.75) is 115 Å². The Morgan fingerprint density at radius 2 is 2.00 bits per heavy atom. The molecule has 1 saturated heterocycles. The van der Waals surface area contributed by atoms with Gasteiger partial charge in [-0.3, -0.25) is 14.3 Å². The van der Waals surface area contributed by atoms with Gasteiger partial charge in [-0.05, 0) is 90.8 Å². The Bertz CT molecular complexity index is 1370. The van der Waals surface area contributed by atoms with Crippen molar-refractivity contribution in [3.8, 4) is 23.8 Å². The molecular formula is C35H55BN6O5. The van der Waals surface area contributed by atoms with E-state index in [2.05, 4.69) is 34.0 Å². The highest BCUT2D eigenvalue weighted by Gasteiger charge is 2.49. The minimum atomic E-state index is -1.09. The number of anilines is 1. The molecule has 8 atom stereocenters. The fraction of sp³-hybridized carbons (Fsp3) is 0.657. The number of hydrogen-bond acceptors (Lipinski definition) is 10. The van der Waals surface area contributed by atoms with E-state index in [0.29, 0.717) is 31.7 Å². The van der Waals surface area contributed by atoms with E-state index in [1.165, 1.54) is 0 Å². The number of hydrogen-bond donors (Lipinski definition) is 3. The predicted octanol–water partition coefficient (Wildman–Crippen LogP) is 3.39. The Kier molecular flexibility index (Phi) is 13.9. The molecule has 0 amide bonds. The lowest BCUT2D eigenvalue weighted by atomic mass is 9.63. The molecule has 11 nitrogen and oxygen atoms in total. The molecule has 0 spiro atoms. The molecule has 4 N–H and O–H groups in total. The SMILES string of the molecule is B[C@@H]1[C@@H](C)C(=O)[C@@H](C)C(=O)O[C@H](CC)[C@@](C)(OC#C)[C@H](NCCCCn2cc(-c3cccc(N)c3)nn2)[C@H](C)NCCC[C@@]1(C)OC. The molecule has 1 aromatic heterocycles. The van der Waals surface area contributed by atoms with Gasteiger partial charge in [0.25, 0.3) is 0 Å². The number of nitrogen functional groups attached to an aromatic ring is 1. The van der Waals surface area contributed by atoms with Crippen molar-refractivity contribution >= 4 is 25.3 Å². The first-order valence-electron chi connectivity index (χ1n) is 17.0. The van der Waals surface area contributed by atoms with E-state index in [1.54, 1.807) is 14.0 Å². The van der Waals surface area contributed by atoms with E-state index in [4.69, 9.17) is 26.4 Å². The Labute approximate surface area is 281 Å². The Morgan fingerprint density at radius 3 is 2.66 bits per heavy atom. The molecule has 0 radical (unpaired) electrons. The van der Waals surface area contributed by atoms with Crippen LogP contribution in [0.4, 0.5) is 5.69 Å². The average Bonchev–Trinajstić information content (AvgIpc) is 3.54. The Balaban J connectivity index is 1.78. The molecule has 12 heteroatoms. The van der Waals surface area contributed by atoms with Crippen molar-refractivity contribution in [1.82, 2.24) is 25.6 Å². The second-order valence-corrected chi connectivity index (χ2v) is 13.4. The fourth-order valence-corrected chi connectivity index (χ4v) is 6.76. The third-order valence-electron chi connectivity index (χ3n) is 10.3. The van der Waals surface area contributed by atoms with E-state index >= 15 is 0 Å². The molecule has 1 fully saturated rings. The lowest BCUT2D eigenvalue weighted by Gasteiger charge is -2.44. The summed E-state index contributed by atoms with van der Waals surface area (Å²) in [6, 6.07) is 7.15. The van der Waals surface area contributed by atoms with Crippen LogP contribution in [0, 0.1) is 24.4 Å². The van der Waals surface area contributed by atoms with Crippen molar-refractivity contribution in [2.75, 3.05) is 25.9 Å². The van der Waals surface area contributed by atoms with Crippen molar-refractivity contribution in [2.24, 2.45) is 11.8 Å². The van der Waals surface area contributed by atoms with Gasteiger partial charge in [-0.1, -0.05) is 37.6 Å². The maximum absolute atomic E-state index is 13.5. The van der Waals surface area contributed by atoms with Gasteiger partial charge in [0.05, 0.1) is 17.8 Å². The molecule has 0 aliphatic carbocycles. The number of aromatic nitrogens is 3. The maximum atomic E-state index is 13.5. The molecule has 2 aromatic rings. The maximum Gasteiger partial charge on any atom is 0.316 e. The minimum Gasteiger partial charge on any atom is -0.457 e. The van der Waals surface area contributed by atoms with Crippen LogP contribution in [0.1, 0.15) is 73.6 Å². The van der Waals surface area contributed by atoms with E-state index in [-0.39, 0.29) is 23.7 Å². The van der Waals surface area contributed by atoms with Gasteiger partial charge in [0.2, 0.25) is 0 Å². The number of esters is 1. The van der Waals surface area contributed by atoms with Gasteiger partial charge in [0.15, 0.2) is 5.60 Å². The van der Waals surface area contributed by atoms with Crippen LogP contribution in [-0.2, 0) is 30.3 Å². The summed E-state index contributed by atoms with van der Waals surface area (Å²) in [6.07, 6.45) is 13.1. The summed E-state index contributed by atoms with van der Waals surface area (Å²) < 4.78 is 19.9. The summed E-state index contributed by atoms with van der Waals surface area (Å²) >= 11 is 0. The number of nitrogens with two attached hydrogens (primary N) is 1. The van der Waals surface area contributed by atoms with Crippen LogP contribution in [0.5, 0.6) is 0 Å². The first-order valence-corrected chi connectivity index (χ1v) is 17.0. The number of unbranched alkanes of at least 4 members (excludes halogenated alkanes) is 1. The standard InChI is InChI=1S/C35H55BN6O5/c1-9-29-35(7,46-10-2)32(39-18-11-12-20-42-22-28(40-41-42)26-15-13-16-27(37)21-26)25(5)38-19-14-17-34(6,45-8)31(36)23(3)30(43)24(4)33(44)47-29/h2,13,15-16,21-25,29,31-32,38-39H,9,11-12,14,17-20,36-37H2,1,3-8H3/t23-,24+,25-,29+,31+,32+,34+,35+/m0/s1. The third kappa shape index (κ3) is 9.37. The summed E-state index contributed by atoms with van der Waals surface area (Å²) in [6.45, 7) is 13.5. The summed E-state index contributed by atoms with van der Waals surface area (Å²) in [4.78, 5) is 27.0. The molecule has 47 heavy (non-hydrogen) atoms. The second-order valence-electron chi connectivity index (χ2n) is 13.4. The second kappa shape index (κ2) is 17.1. The molecular weight excluding hydrogens is 595 g/mol. The highest BCUT2D eigenvalue weighted by molar-refractivity contribution is 6.15. The molecule has 1 aliphatic rings.